The monoisotopic (exact) mass is 212 g/mol. The van der Waals surface area contributed by atoms with Crippen LogP contribution in [0, 0.1) is 5.41 Å². The van der Waals surface area contributed by atoms with E-state index < -0.39 is 24.4 Å². The molecule has 0 unspecified atom stereocenters. The van der Waals surface area contributed by atoms with Crippen LogP contribution in [0.3, 0.4) is 0 Å². The molecule has 0 radical (unpaired) electrons. The number of hydrogen-bond donors (Lipinski definition) is 1. The zero-order chi connectivity index (χ0) is 10.8. The number of ether oxygens (including phenoxy) is 1. The van der Waals surface area contributed by atoms with Gasteiger partial charge < -0.3 is 5.11 Å². The van der Waals surface area contributed by atoms with Crippen LogP contribution in [0.4, 0.5) is 13.2 Å². The maximum absolute atomic E-state index is 11.7. The van der Waals surface area contributed by atoms with Crippen molar-refractivity contribution in [3.8, 4) is 0 Å². The molecule has 0 bridgehead atoms. The van der Waals surface area contributed by atoms with Crippen LogP contribution in [-0.4, -0.2) is 24.0 Å². The highest BCUT2D eigenvalue weighted by molar-refractivity contribution is 5.75. The molecule has 1 aliphatic carbocycles. The zero-order valence-electron chi connectivity index (χ0n) is 7.43. The van der Waals surface area contributed by atoms with Gasteiger partial charge in [-0.25, -0.2) is 0 Å². The first-order chi connectivity index (χ1) is 6.36. The minimum absolute atomic E-state index is 0.262. The first-order valence-electron chi connectivity index (χ1n) is 4.30. The molecule has 0 atom stereocenters. The Balaban J connectivity index is 2.57. The topological polar surface area (TPSA) is 46.5 Å². The Kier molecular flexibility index (Phi) is 3.04. The zero-order valence-corrected chi connectivity index (χ0v) is 7.43. The van der Waals surface area contributed by atoms with Gasteiger partial charge in [0.25, 0.3) is 0 Å². The molecule has 0 heterocycles. The molecule has 1 saturated carbocycles. The largest absolute Gasteiger partial charge is 0.522 e. The van der Waals surface area contributed by atoms with E-state index in [0.717, 1.165) is 0 Å². The van der Waals surface area contributed by atoms with Crippen LogP contribution in [0.25, 0.3) is 0 Å². The number of carboxylic acids is 1. The average Bonchev–Trinajstić information content (AvgIpc) is 2.48. The van der Waals surface area contributed by atoms with Gasteiger partial charge in [0.2, 0.25) is 0 Å². The number of hydrogen-bond acceptors (Lipinski definition) is 2. The highest BCUT2D eigenvalue weighted by Crippen LogP contribution is 2.39. The third kappa shape index (κ3) is 2.60. The van der Waals surface area contributed by atoms with Crippen LogP contribution in [-0.2, 0) is 9.53 Å². The van der Waals surface area contributed by atoms with Crippen molar-refractivity contribution < 1.29 is 27.8 Å². The molecule has 82 valence electrons. The van der Waals surface area contributed by atoms with Crippen molar-refractivity contribution in [1.82, 2.24) is 0 Å². The number of carbonyl (C=O) groups is 1. The number of rotatable bonds is 3. The Hall–Kier alpha value is -0.780. The number of aliphatic carboxylic acids is 1. The van der Waals surface area contributed by atoms with E-state index in [0.29, 0.717) is 12.8 Å². The van der Waals surface area contributed by atoms with Crippen molar-refractivity contribution >= 4 is 5.97 Å². The Morgan fingerprint density at radius 2 is 1.86 bits per heavy atom. The lowest BCUT2D eigenvalue weighted by Crippen LogP contribution is -2.35. The van der Waals surface area contributed by atoms with Crippen LogP contribution >= 0.6 is 0 Å². The molecule has 0 spiro atoms. The van der Waals surface area contributed by atoms with Crippen LogP contribution < -0.4 is 0 Å². The first kappa shape index (κ1) is 11.3. The van der Waals surface area contributed by atoms with E-state index in [-0.39, 0.29) is 12.8 Å². The molecule has 0 amide bonds. The summed E-state index contributed by atoms with van der Waals surface area (Å²) in [7, 11) is 0. The standard InChI is InChI=1S/C8H11F3O3/c9-8(10,11)14-5-7(6(12)13)3-1-2-4-7/h1-5H2,(H,12,13). The van der Waals surface area contributed by atoms with E-state index in [2.05, 4.69) is 4.74 Å². The van der Waals surface area contributed by atoms with Crippen molar-refractivity contribution in [3.05, 3.63) is 0 Å². The van der Waals surface area contributed by atoms with Gasteiger partial charge in [0.1, 0.15) is 0 Å². The molecular weight excluding hydrogens is 201 g/mol. The minimum Gasteiger partial charge on any atom is -0.481 e. The van der Waals surface area contributed by atoms with Crippen LogP contribution in [0.15, 0.2) is 0 Å². The fraction of sp³-hybridized carbons (Fsp3) is 0.875. The van der Waals surface area contributed by atoms with E-state index in [1.54, 1.807) is 0 Å². The van der Waals surface area contributed by atoms with Gasteiger partial charge in [-0.2, -0.15) is 0 Å². The Morgan fingerprint density at radius 1 is 1.36 bits per heavy atom. The summed E-state index contributed by atoms with van der Waals surface area (Å²) in [5.74, 6) is -1.20. The van der Waals surface area contributed by atoms with Crippen molar-refractivity contribution in [3.63, 3.8) is 0 Å². The van der Waals surface area contributed by atoms with E-state index in [4.69, 9.17) is 5.11 Å². The Labute approximate surface area is 78.9 Å². The van der Waals surface area contributed by atoms with Crippen molar-refractivity contribution in [1.29, 1.82) is 0 Å². The number of halogens is 3. The quantitative estimate of drug-likeness (QED) is 0.779. The summed E-state index contributed by atoms with van der Waals surface area (Å²) in [5, 5.41) is 8.81. The van der Waals surface area contributed by atoms with E-state index in [1.807, 2.05) is 0 Å². The lowest BCUT2D eigenvalue weighted by molar-refractivity contribution is -0.332. The summed E-state index contributed by atoms with van der Waals surface area (Å²) in [6.45, 7) is -0.772. The summed E-state index contributed by atoms with van der Waals surface area (Å²) in [6.07, 6.45) is -2.93. The molecule has 1 aliphatic rings. The van der Waals surface area contributed by atoms with E-state index in [9.17, 15) is 18.0 Å². The van der Waals surface area contributed by atoms with Crippen molar-refractivity contribution in [2.24, 2.45) is 5.41 Å². The van der Waals surface area contributed by atoms with Gasteiger partial charge in [0.15, 0.2) is 0 Å². The summed E-state index contributed by atoms with van der Waals surface area (Å²) < 4.78 is 38.8. The lowest BCUT2D eigenvalue weighted by Gasteiger charge is -2.23. The van der Waals surface area contributed by atoms with Gasteiger partial charge >= 0.3 is 12.3 Å². The van der Waals surface area contributed by atoms with E-state index in [1.165, 1.54) is 0 Å². The van der Waals surface area contributed by atoms with Gasteiger partial charge in [-0.1, -0.05) is 12.8 Å². The Morgan fingerprint density at radius 3 is 2.21 bits per heavy atom. The SMILES string of the molecule is O=C(O)C1(COC(F)(F)F)CCCC1. The van der Waals surface area contributed by atoms with Gasteiger partial charge in [0, 0.05) is 0 Å². The van der Waals surface area contributed by atoms with Gasteiger partial charge in [-0.3, -0.25) is 9.53 Å². The second-order valence-electron chi connectivity index (χ2n) is 3.53. The van der Waals surface area contributed by atoms with Crippen LogP contribution in [0.1, 0.15) is 25.7 Å². The number of alkyl halides is 3. The summed E-state index contributed by atoms with van der Waals surface area (Å²) in [5.41, 5.74) is -1.32. The van der Waals surface area contributed by atoms with Gasteiger partial charge in [0.05, 0.1) is 12.0 Å². The summed E-state index contributed by atoms with van der Waals surface area (Å²) in [6, 6.07) is 0. The first-order valence-corrected chi connectivity index (χ1v) is 4.30. The fourth-order valence-corrected chi connectivity index (χ4v) is 1.69. The molecule has 3 nitrogen and oxygen atoms in total. The highest BCUT2D eigenvalue weighted by atomic mass is 19.4. The molecule has 1 fully saturated rings. The molecule has 0 aromatic carbocycles. The third-order valence-electron chi connectivity index (χ3n) is 2.53. The van der Waals surface area contributed by atoms with Gasteiger partial charge in [-0.05, 0) is 12.8 Å². The second kappa shape index (κ2) is 3.76. The molecular formula is C8H11F3O3. The van der Waals surface area contributed by atoms with Crippen molar-refractivity contribution in [2.75, 3.05) is 6.61 Å². The fourth-order valence-electron chi connectivity index (χ4n) is 1.69. The Bertz CT molecular complexity index is 218. The average molecular weight is 212 g/mol. The maximum atomic E-state index is 11.7. The van der Waals surface area contributed by atoms with E-state index >= 15 is 0 Å². The predicted molar refractivity (Wildman–Crippen MR) is 40.5 cm³/mol. The molecule has 6 heteroatoms. The lowest BCUT2D eigenvalue weighted by atomic mass is 9.87. The highest BCUT2D eigenvalue weighted by Gasteiger charge is 2.44. The third-order valence-corrected chi connectivity index (χ3v) is 2.53. The van der Waals surface area contributed by atoms with Crippen LogP contribution in [0.5, 0.6) is 0 Å². The molecule has 1 N–H and O–H groups in total. The number of carboxylic acid groups (broad SMARTS) is 1. The minimum atomic E-state index is -4.74. The molecule has 0 aliphatic heterocycles. The molecule has 0 aromatic rings. The summed E-state index contributed by atoms with van der Waals surface area (Å²) >= 11 is 0. The maximum Gasteiger partial charge on any atom is 0.522 e. The van der Waals surface area contributed by atoms with Crippen LogP contribution in [0.2, 0.25) is 0 Å². The smallest absolute Gasteiger partial charge is 0.481 e. The second-order valence-corrected chi connectivity index (χ2v) is 3.53. The molecule has 14 heavy (non-hydrogen) atoms. The molecule has 0 saturated heterocycles. The molecule has 1 rings (SSSR count). The van der Waals surface area contributed by atoms with Gasteiger partial charge in [-0.15, -0.1) is 13.2 Å². The normalized spacial score (nSPS) is 21.1. The molecule has 0 aromatic heterocycles. The van der Waals surface area contributed by atoms with Crippen molar-refractivity contribution in [2.45, 2.75) is 32.0 Å². The summed E-state index contributed by atoms with van der Waals surface area (Å²) in [4.78, 5) is 10.8. The predicted octanol–water partition coefficient (Wildman–Crippen LogP) is 2.17.